The lowest BCUT2D eigenvalue weighted by molar-refractivity contribution is -0.613. The summed E-state index contributed by atoms with van der Waals surface area (Å²) in [5.74, 6) is -0.859. The van der Waals surface area contributed by atoms with E-state index in [0.29, 0.717) is 12.2 Å². The molecule has 1 aromatic heterocycles. The summed E-state index contributed by atoms with van der Waals surface area (Å²) < 4.78 is 7.36. The number of aromatic nitrogens is 1. The summed E-state index contributed by atoms with van der Waals surface area (Å²) in [6.07, 6.45) is 0.771. The van der Waals surface area contributed by atoms with Gasteiger partial charge in [-0.2, -0.15) is 4.89 Å². The molecule has 0 aliphatic carbocycles. The predicted molar refractivity (Wildman–Crippen MR) is 117 cm³/mol. The summed E-state index contributed by atoms with van der Waals surface area (Å²) in [6.45, 7) is 11.4. The zero-order chi connectivity index (χ0) is 21.4. The summed E-state index contributed by atoms with van der Waals surface area (Å²) in [6, 6.07) is 13.6. The van der Waals surface area contributed by atoms with Crippen LogP contribution in [0.15, 0.2) is 42.5 Å². The number of fused-ring (bicyclic) bond motifs is 2. The second-order valence-corrected chi connectivity index (χ2v) is 11.3. The van der Waals surface area contributed by atoms with E-state index in [-0.39, 0.29) is 16.6 Å². The molecule has 3 aromatic rings. The Morgan fingerprint density at radius 3 is 2.50 bits per heavy atom. The van der Waals surface area contributed by atoms with Crippen LogP contribution < -0.4 is 0 Å². The minimum Gasteiger partial charge on any atom is -0.507 e. The van der Waals surface area contributed by atoms with E-state index in [9.17, 15) is 5.11 Å². The molecular weight excluding hydrogens is 398 g/mol. The van der Waals surface area contributed by atoms with Gasteiger partial charge in [0.05, 0.1) is 22.4 Å². The molecule has 0 bridgehead atoms. The second-order valence-electron chi connectivity index (χ2n) is 10.2. The van der Waals surface area contributed by atoms with Crippen molar-refractivity contribution in [3.63, 3.8) is 0 Å². The van der Waals surface area contributed by atoms with Crippen molar-refractivity contribution < 1.29 is 19.6 Å². The molecule has 5 nitrogen and oxygen atoms in total. The van der Waals surface area contributed by atoms with E-state index in [1.807, 2.05) is 36.4 Å². The highest BCUT2D eigenvalue weighted by atomic mass is 32.1. The van der Waals surface area contributed by atoms with Crippen molar-refractivity contribution in [2.75, 3.05) is 6.61 Å². The Labute approximate surface area is 180 Å². The van der Waals surface area contributed by atoms with E-state index < -0.39 is 11.4 Å². The Bertz CT molecular complexity index is 1100. The number of thiazole rings is 1. The second kappa shape index (κ2) is 6.26. The molecule has 1 N–H and O–H groups in total. The van der Waals surface area contributed by atoms with E-state index in [2.05, 4.69) is 39.6 Å². The molecule has 2 aliphatic rings. The average Bonchev–Trinajstić information content (AvgIpc) is 3.13. The van der Waals surface area contributed by atoms with Gasteiger partial charge in [0.25, 0.3) is 5.79 Å². The van der Waals surface area contributed by atoms with Crippen molar-refractivity contribution >= 4 is 21.6 Å². The van der Waals surface area contributed by atoms with Gasteiger partial charge in [-0.1, -0.05) is 52.8 Å². The van der Waals surface area contributed by atoms with Gasteiger partial charge in [-0.05, 0) is 36.1 Å². The van der Waals surface area contributed by atoms with Gasteiger partial charge in [-0.15, -0.1) is 11.3 Å². The highest BCUT2D eigenvalue weighted by Gasteiger charge is 2.77. The van der Waals surface area contributed by atoms with Gasteiger partial charge >= 0.3 is 0 Å². The summed E-state index contributed by atoms with van der Waals surface area (Å²) in [4.78, 5) is 16.3. The topological polar surface area (TPSA) is 60.8 Å². The van der Waals surface area contributed by atoms with Crippen LogP contribution in [0.1, 0.15) is 46.6 Å². The summed E-state index contributed by atoms with van der Waals surface area (Å²) in [7, 11) is 0. The largest absolute Gasteiger partial charge is 0.507 e. The van der Waals surface area contributed by atoms with Crippen molar-refractivity contribution in [1.29, 1.82) is 0 Å². The Balaban J connectivity index is 1.57. The fourth-order valence-electron chi connectivity index (χ4n) is 4.72. The fourth-order valence-corrected chi connectivity index (χ4v) is 5.72. The molecule has 0 spiro atoms. The third-order valence-corrected chi connectivity index (χ3v) is 7.31. The normalized spacial score (nSPS) is 27.8. The van der Waals surface area contributed by atoms with Crippen LogP contribution in [0.5, 0.6) is 5.75 Å². The number of hydrogen-bond donors (Lipinski definition) is 1. The summed E-state index contributed by atoms with van der Waals surface area (Å²) >= 11 is 1.56. The molecule has 2 saturated heterocycles. The molecule has 158 valence electrons. The number of phenolic OH excluding ortho intramolecular Hbond substituents is 1. The first-order valence-corrected chi connectivity index (χ1v) is 11.1. The van der Waals surface area contributed by atoms with E-state index in [1.54, 1.807) is 17.4 Å². The average molecular weight is 426 g/mol. The number of hydrogen-bond acceptors (Lipinski definition) is 6. The summed E-state index contributed by atoms with van der Waals surface area (Å²) in [5.41, 5.74) is 1.56. The molecule has 5 rings (SSSR count). The van der Waals surface area contributed by atoms with Gasteiger partial charge < -0.3 is 9.84 Å². The molecule has 2 aromatic carbocycles. The van der Waals surface area contributed by atoms with Crippen molar-refractivity contribution in [1.82, 2.24) is 4.98 Å². The highest BCUT2D eigenvalue weighted by molar-refractivity contribution is 7.21. The molecule has 6 heteroatoms. The summed E-state index contributed by atoms with van der Waals surface area (Å²) in [5, 5.41) is 11.7. The number of phenols is 1. The minimum absolute atomic E-state index is 0.0168. The Kier molecular flexibility index (Phi) is 4.16. The predicted octanol–water partition coefficient (Wildman–Crippen LogP) is 6.01. The lowest BCUT2D eigenvalue weighted by Gasteiger charge is -2.57. The molecule has 30 heavy (non-hydrogen) atoms. The van der Waals surface area contributed by atoms with Crippen LogP contribution in [0.3, 0.4) is 0 Å². The minimum atomic E-state index is -1.02. The van der Waals surface area contributed by atoms with Crippen molar-refractivity contribution in [3.05, 3.63) is 48.0 Å². The maximum Gasteiger partial charge on any atom is 0.261 e. The molecule has 2 aliphatic heterocycles. The van der Waals surface area contributed by atoms with Crippen LogP contribution >= 0.6 is 11.3 Å². The lowest BCUT2D eigenvalue weighted by atomic mass is 9.63. The van der Waals surface area contributed by atoms with Crippen molar-refractivity contribution in [2.24, 2.45) is 10.8 Å². The van der Waals surface area contributed by atoms with Crippen LogP contribution in [-0.4, -0.2) is 22.3 Å². The van der Waals surface area contributed by atoms with Crippen LogP contribution in [0.4, 0.5) is 0 Å². The number of ether oxygens (including phenoxy) is 1. The Morgan fingerprint density at radius 1 is 1.10 bits per heavy atom. The van der Waals surface area contributed by atoms with E-state index >= 15 is 0 Å². The molecule has 2 unspecified atom stereocenters. The van der Waals surface area contributed by atoms with Gasteiger partial charge in [0.1, 0.15) is 10.8 Å². The number of aromatic hydroxyl groups is 1. The monoisotopic (exact) mass is 425 g/mol. The standard InChI is InChI=1S/C24H27NO4S/c1-21(2,3)13-23-22(4,5)14-27-24(23,29-28-23)15-10-11-16(18(26)12-15)20-25-17-8-6-7-9-19(17)30-20/h6-12,26H,13-14H2,1-5H3. The molecule has 2 fully saturated rings. The SMILES string of the molecule is CC(C)(C)CC12OOC1(c1ccc(-c3nc4ccccc4s3)c(O)c1)OCC2(C)C. The van der Waals surface area contributed by atoms with Crippen LogP contribution in [0.2, 0.25) is 0 Å². The van der Waals surface area contributed by atoms with Crippen LogP contribution in [0, 0.1) is 10.8 Å². The van der Waals surface area contributed by atoms with Gasteiger partial charge in [0, 0.05) is 11.0 Å². The first-order valence-electron chi connectivity index (χ1n) is 10.3. The number of nitrogens with zero attached hydrogens (tertiary/aromatic N) is 1. The lowest BCUT2D eigenvalue weighted by Crippen LogP contribution is -2.68. The number of benzene rings is 2. The Hall–Kier alpha value is -1.99. The van der Waals surface area contributed by atoms with Gasteiger partial charge in [-0.25, -0.2) is 9.87 Å². The fraction of sp³-hybridized carbons (Fsp3) is 0.458. The molecule has 0 amide bonds. The van der Waals surface area contributed by atoms with E-state index in [4.69, 9.17) is 14.5 Å². The maximum atomic E-state index is 10.9. The van der Waals surface area contributed by atoms with Crippen molar-refractivity contribution in [2.45, 2.75) is 52.4 Å². The molecule has 2 atom stereocenters. The first kappa shape index (κ1) is 19.9. The zero-order valence-electron chi connectivity index (χ0n) is 18.0. The quantitative estimate of drug-likeness (QED) is 0.520. The molecule has 0 saturated carbocycles. The Morgan fingerprint density at radius 2 is 1.87 bits per heavy atom. The van der Waals surface area contributed by atoms with Crippen molar-refractivity contribution in [3.8, 4) is 16.3 Å². The van der Waals surface area contributed by atoms with Crippen LogP contribution in [-0.2, 0) is 20.3 Å². The van der Waals surface area contributed by atoms with Gasteiger partial charge in [0.15, 0.2) is 5.60 Å². The number of rotatable bonds is 3. The number of para-hydroxylation sites is 1. The highest BCUT2D eigenvalue weighted by Crippen LogP contribution is 2.66. The third-order valence-electron chi connectivity index (χ3n) is 6.24. The molecule has 0 radical (unpaired) electrons. The van der Waals surface area contributed by atoms with E-state index in [0.717, 1.165) is 27.2 Å². The van der Waals surface area contributed by atoms with Gasteiger partial charge in [-0.3, -0.25) is 0 Å². The third kappa shape index (κ3) is 2.67. The van der Waals surface area contributed by atoms with Gasteiger partial charge in [0.2, 0.25) is 0 Å². The first-order chi connectivity index (χ1) is 14.1. The molecule has 3 heterocycles. The van der Waals surface area contributed by atoms with Crippen LogP contribution in [0.25, 0.3) is 20.8 Å². The molecular formula is C24H27NO4S. The van der Waals surface area contributed by atoms with E-state index in [1.165, 1.54) is 0 Å². The zero-order valence-corrected chi connectivity index (χ0v) is 18.8. The maximum absolute atomic E-state index is 10.9. The smallest absolute Gasteiger partial charge is 0.261 e.